The molecule has 0 unspecified atom stereocenters. The number of ether oxygens (including phenoxy) is 1. The fourth-order valence-corrected chi connectivity index (χ4v) is 2.58. The van der Waals surface area contributed by atoms with Gasteiger partial charge >= 0.3 is 6.09 Å². The maximum atomic E-state index is 11.3. The number of hydrogen-bond acceptors (Lipinski definition) is 2. The van der Waals surface area contributed by atoms with E-state index in [4.69, 9.17) is 4.74 Å². The van der Waals surface area contributed by atoms with Gasteiger partial charge in [0.2, 0.25) is 0 Å². The van der Waals surface area contributed by atoms with Crippen LogP contribution in [0.15, 0.2) is 30.3 Å². The molecule has 0 aliphatic heterocycles. The van der Waals surface area contributed by atoms with Crippen LogP contribution in [0, 0.1) is 0 Å². The van der Waals surface area contributed by atoms with E-state index in [2.05, 4.69) is 29.6 Å². The van der Waals surface area contributed by atoms with Gasteiger partial charge in [-0.05, 0) is 44.1 Å². The largest absolute Gasteiger partial charge is 0.446 e. The zero-order valence-electron chi connectivity index (χ0n) is 10.9. The Kier molecular flexibility index (Phi) is 4.62. The maximum absolute atomic E-state index is 11.3. The van der Waals surface area contributed by atoms with Crippen molar-refractivity contribution in [3.05, 3.63) is 35.9 Å². The summed E-state index contributed by atoms with van der Waals surface area (Å²) in [5, 5.41) is 2.67. The first kappa shape index (κ1) is 12.9. The molecule has 2 rings (SSSR count). The van der Waals surface area contributed by atoms with E-state index in [-0.39, 0.29) is 12.2 Å². The van der Waals surface area contributed by atoms with Gasteiger partial charge in [-0.3, -0.25) is 0 Å². The quantitative estimate of drug-likeness (QED) is 0.888. The SMILES string of the molecule is CCNC(=O)OC1CCC(c2ccccc2)CC1. The summed E-state index contributed by atoms with van der Waals surface area (Å²) in [5.41, 5.74) is 1.41. The highest BCUT2D eigenvalue weighted by atomic mass is 16.6. The van der Waals surface area contributed by atoms with Gasteiger partial charge in [0.1, 0.15) is 6.10 Å². The van der Waals surface area contributed by atoms with E-state index in [1.807, 2.05) is 13.0 Å². The van der Waals surface area contributed by atoms with Crippen LogP contribution in [0.25, 0.3) is 0 Å². The van der Waals surface area contributed by atoms with Gasteiger partial charge in [-0.25, -0.2) is 4.79 Å². The van der Waals surface area contributed by atoms with Crippen LogP contribution >= 0.6 is 0 Å². The molecule has 0 saturated heterocycles. The van der Waals surface area contributed by atoms with Crippen molar-refractivity contribution in [2.24, 2.45) is 0 Å². The minimum Gasteiger partial charge on any atom is -0.446 e. The van der Waals surface area contributed by atoms with Gasteiger partial charge in [-0.15, -0.1) is 0 Å². The van der Waals surface area contributed by atoms with E-state index in [0.717, 1.165) is 25.7 Å². The molecular formula is C15H21NO2. The normalized spacial score (nSPS) is 23.4. The first-order valence-electron chi connectivity index (χ1n) is 6.79. The number of carbonyl (C=O) groups excluding carboxylic acids is 1. The molecule has 98 valence electrons. The fourth-order valence-electron chi connectivity index (χ4n) is 2.58. The number of alkyl carbamates (subject to hydrolysis) is 1. The monoisotopic (exact) mass is 247 g/mol. The molecule has 3 heteroatoms. The lowest BCUT2D eigenvalue weighted by atomic mass is 9.83. The van der Waals surface area contributed by atoms with E-state index >= 15 is 0 Å². The van der Waals surface area contributed by atoms with E-state index in [1.165, 1.54) is 5.56 Å². The molecule has 1 aliphatic carbocycles. The molecule has 0 bridgehead atoms. The summed E-state index contributed by atoms with van der Waals surface area (Å²) in [7, 11) is 0. The van der Waals surface area contributed by atoms with Gasteiger partial charge in [0, 0.05) is 6.54 Å². The minimum atomic E-state index is -0.277. The van der Waals surface area contributed by atoms with Crippen molar-refractivity contribution in [1.29, 1.82) is 0 Å². The van der Waals surface area contributed by atoms with Crippen molar-refractivity contribution in [1.82, 2.24) is 5.32 Å². The van der Waals surface area contributed by atoms with Crippen LogP contribution in [0.1, 0.15) is 44.1 Å². The summed E-state index contributed by atoms with van der Waals surface area (Å²) in [6.07, 6.45) is 3.97. The highest BCUT2D eigenvalue weighted by Crippen LogP contribution is 2.33. The number of benzene rings is 1. The molecule has 1 aliphatic rings. The molecule has 0 radical (unpaired) electrons. The van der Waals surface area contributed by atoms with Crippen LogP contribution in [0.2, 0.25) is 0 Å². The Hall–Kier alpha value is -1.51. The average molecular weight is 247 g/mol. The molecule has 0 heterocycles. The van der Waals surface area contributed by atoms with Gasteiger partial charge in [0.05, 0.1) is 0 Å². The van der Waals surface area contributed by atoms with Crippen LogP contribution in [-0.4, -0.2) is 18.7 Å². The lowest BCUT2D eigenvalue weighted by molar-refractivity contribution is 0.0719. The number of carbonyl (C=O) groups is 1. The second-order valence-electron chi connectivity index (χ2n) is 4.82. The number of rotatable bonds is 3. The highest BCUT2D eigenvalue weighted by Gasteiger charge is 2.24. The summed E-state index contributed by atoms with van der Waals surface area (Å²) < 4.78 is 5.37. The molecule has 1 aromatic carbocycles. The maximum Gasteiger partial charge on any atom is 0.407 e. The molecule has 1 N–H and O–H groups in total. The highest BCUT2D eigenvalue weighted by molar-refractivity contribution is 5.67. The second-order valence-corrected chi connectivity index (χ2v) is 4.82. The zero-order chi connectivity index (χ0) is 12.8. The molecule has 1 amide bonds. The van der Waals surface area contributed by atoms with Crippen LogP contribution in [-0.2, 0) is 4.74 Å². The Morgan fingerprint density at radius 3 is 2.50 bits per heavy atom. The number of nitrogens with one attached hydrogen (secondary N) is 1. The van der Waals surface area contributed by atoms with Crippen molar-refractivity contribution in [3.8, 4) is 0 Å². The van der Waals surface area contributed by atoms with Gasteiger partial charge in [-0.2, -0.15) is 0 Å². The molecule has 3 nitrogen and oxygen atoms in total. The van der Waals surface area contributed by atoms with Crippen molar-refractivity contribution in [3.63, 3.8) is 0 Å². The van der Waals surface area contributed by atoms with Crippen molar-refractivity contribution in [2.45, 2.75) is 44.6 Å². The predicted molar refractivity (Wildman–Crippen MR) is 71.6 cm³/mol. The molecule has 18 heavy (non-hydrogen) atoms. The molecule has 1 saturated carbocycles. The number of hydrogen-bond donors (Lipinski definition) is 1. The third-order valence-electron chi connectivity index (χ3n) is 3.54. The minimum absolute atomic E-state index is 0.0940. The fraction of sp³-hybridized carbons (Fsp3) is 0.533. The summed E-state index contributed by atoms with van der Waals surface area (Å²) in [6, 6.07) is 10.6. The molecule has 1 fully saturated rings. The summed E-state index contributed by atoms with van der Waals surface area (Å²) >= 11 is 0. The summed E-state index contributed by atoms with van der Waals surface area (Å²) in [5.74, 6) is 0.625. The van der Waals surface area contributed by atoms with E-state index in [0.29, 0.717) is 12.5 Å². The van der Waals surface area contributed by atoms with Gasteiger partial charge in [-0.1, -0.05) is 30.3 Å². The topological polar surface area (TPSA) is 38.3 Å². The van der Waals surface area contributed by atoms with Crippen LogP contribution in [0.4, 0.5) is 4.79 Å². The van der Waals surface area contributed by atoms with E-state index in [1.54, 1.807) is 0 Å². The molecular weight excluding hydrogens is 226 g/mol. The molecule has 0 spiro atoms. The average Bonchev–Trinajstić information content (AvgIpc) is 2.41. The van der Waals surface area contributed by atoms with Crippen LogP contribution in [0.3, 0.4) is 0 Å². The number of amides is 1. The van der Waals surface area contributed by atoms with Crippen molar-refractivity contribution >= 4 is 6.09 Å². The lowest BCUT2D eigenvalue weighted by Gasteiger charge is -2.28. The second kappa shape index (κ2) is 6.43. The Morgan fingerprint density at radius 2 is 1.89 bits per heavy atom. The first-order valence-corrected chi connectivity index (χ1v) is 6.79. The van der Waals surface area contributed by atoms with Crippen LogP contribution < -0.4 is 5.32 Å². The summed E-state index contributed by atoms with van der Waals surface area (Å²) in [6.45, 7) is 2.52. The Bertz CT molecular complexity index is 369. The Balaban J connectivity index is 1.80. The third kappa shape index (κ3) is 3.49. The van der Waals surface area contributed by atoms with Gasteiger partial charge < -0.3 is 10.1 Å². The molecule has 0 aromatic heterocycles. The predicted octanol–water partition coefficient (Wildman–Crippen LogP) is 3.46. The van der Waals surface area contributed by atoms with E-state index in [9.17, 15) is 4.79 Å². The van der Waals surface area contributed by atoms with Crippen molar-refractivity contribution < 1.29 is 9.53 Å². The van der Waals surface area contributed by atoms with E-state index < -0.39 is 0 Å². The Labute approximate surface area is 109 Å². The summed E-state index contributed by atoms with van der Waals surface area (Å²) in [4.78, 5) is 11.3. The third-order valence-corrected chi connectivity index (χ3v) is 3.54. The molecule has 1 aromatic rings. The zero-order valence-corrected chi connectivity index (χ0v) is 10.9. The molecule has 0 atom stereocenters. The van der Waals surface area contributed by atoms with Crippen LogP contribution in [0.5, 0.6) is 0 Å². The standard InChI is InChI=1S/C15H21NO2/c1-2-16-15(17)18-14-10-8-13(9-11-14)12-6-4-3-5-7-12/h3-7,13-14H,2,8-11H2,1H3,(H,16,17). The van der Waals surface area contributed by atoms with Crippen molar-refractivity contribution in [2.75, 3.05) is 6.54 Å². The smallest absolute Gasteiger partial charge is 0.407 e. The Morgan fingerprint density at radius 1 is 1.22 bits per heavy atom. The first-order chi connectivity index (χ1) is 8.79. The van der Waals surface area contributed by atoms with Gasteiger partial charge in [0.25, 0.3) is 0 Å². The lowest BCUT2D eigenvalue weighted by Crippen LogP contribution is -2.30. The van der Waals surface area contributed by atoms with Gasteiger partial charge in [0.15, 0.2) is 0 Å².